The zero-order chi connectivity index (χ0) is 21.0. The molecular weight excluding hydrogens is 366 g/mol. The summed E-state index contributed by atoms with van der Waals surface area (Å²) in [6, 6.07) is 15.3. The van der Waals surface area contributed by atoms with Crippen LogP contribution in [-0.4, -0.2) is 23.0 Å². The number of ether oxygens (including phenoxy) is 1. The molecule has 3 aromatic rings. The fourth-order valence-corrected chi connectivity index (χ4v) is 3.56. The predicted molar refractivity (Wildman–Crippen MR) is 112 cm³/mol. The number of Topliss-reactive ketones (excluding diaryl/α,β-unsaturated/α-hetero) is 1. The number of amides is 1. The highest BCUT2D eigenvalue weighted by atomic mass is 16.5. The average molecular weight is 389 g/mol. The first-order chi connectivity index (χ1) is 13.9. The Kier molecular flexibility index (Phi) is 5.99. The number of ketones is 1. The van der Waals surface area contributed by atoms with Crippen LogP contribution in [0.15, 0.2) is 48.5 Å². The van der Waals surface area contributed by atoms with E-state index in [2.05, 4.69) is 18.7 Å². The van der Waals surface area contributed by atoms with Gasteiger partial charge in [0.05, 0.1) is 16.5 Å². The predicted octanol–water partition coefficient (Wildman–Crippen LogP) is 3.81. The monoisotopic (exact) mass is 389 g/mol. The molecule has 0 radical (unpaired) electrons. The highest BCUT2D eigenvalue weighted by Crippen LogP contribution is 2.36. The van der Waals surface area contributed by atoms with Crippen molar-refractivity contribution in [3.8, 4) is 5.75 Å². The zero-order valence-corrected chi connectivity index (χ0v) is 16.5. The quantitative estimate of drug-likeness (QED) is 0.361. The largest absolute Gasteiger partial charge is 0.425 e. The molecule has 6 nitrogen and oxygen atoms in total. The lowest BCUT2D eigenvalue weighted by Gasteiger charge is -2.14. The van der Waals surface area contributed by atoms with Crippen LogP contribution in [0, 0.1) is 12.5 Å². The molecule has 0 saturated heterocycles. The summed E-state index contributed by atoms with van der Waals surface area (Å²) in [6.45, 7) is 11.5. The van der Waals surface area contributed by atoms with Gasteiger partial charge in [-0.3, -0.25) is 14.4 Å². The number of carbonyl (C=O) groups is 2. The van der Waals surface area contributed by atoms with Gasteiger partial charge in [-0.2, -0.15) is 0 Å². The lowest BCUT2D eigenvalue weighted by Crippen LogP contribution is -2.24. The summed E-state index contributed by atoms with van der Waals surface area (Å²) in [5, 5.41) is 0.534. The summed E-state index contributed by atoms with van der Waals surface area (Å²) in [4.78, 5) is 27.9. The Morgan fingerprint density at radius 1 is 1.14 bits per heavy atom. The molecule has 3 rings (SSSR count). The number of hydrogen-bond donors (Lipinski definition) is 1. The standard InChI is InChI=1S/C23H23N3O3/c1-15(2)12-18-21(22(27)23(24)28)20-17(10-7-11-19(20)29-14-25-3)26(18)13-16-8-5-4-6-9-16/h4-11,15H,12-14H2,1-2H3,(H2,24,28). The van der Waals surface area contributed by atoms with E-state index in [0.717, 1.165) is 16.8 Å². The molecule has 0 aliphatic carbocycles. The maximum absolute atomic E-state index is 12.8. The number of hydrogen-bond acceptors (Lipinski definition) is 3. The van der Waals surface area contributed by atoms with Crippen molar-refractivity contribution in [3.63, 3.8) is 0 Å². The first-order valence-electron chi connectivity index (χ1n) is 9.42. The maximum atomic E-state index is 12.8. The van der Waals surface area contributed by atoms with Crippen LogP contribution in [0.4, 0.5) is 0 Å². The van der Waals surface area contributed by atoms with Gasteiger partial charge in [0, 0.05) is 12.2 Å². The van der Waals surface area contributed by atoms with Crippen molar-refractivity contribution in [3.05, 3.63) is 76.8 Å². The van der Waals surface area contributed by atoms with Crippen LogP contribution >= 0.6 is 0 Å². The average Bonchev–Trinajstić information content (AvgIpc) is 2.99. The lowest BCUT2D eigenvalue weighted by molar-refractivity contribution is -0.114. The van der Waals surface area contributed by atoms with Crippen molar-refractivity contribution in [2.75, 3.05) is 6.73 Å². The van der Waals surface area contributed by atoms with Crippen LogP contribution in [0.1, 0.15) is 35.5 Å². The van der Waals surface area contributed by atoms with Gasteiger partial charge in [0.15, 0.2) is 0 Å². The summed E-state index contributed by atoms with van der Waals surface area (Å²) >= 11 is 0. The SMILES string of the molecule is [C-]#[N+]COc1cccc2c1c(C(=O)C(N)=O)c(CC(C)C)n2Cc1ccccc1. The molecule has 2 N–H and O–H groups in total. The Bertz CT molecular complexity index is 1090. The normalized spacial score (nSPS) is 10.8. The third-order valence-electron chi connectivity index (χ3n) is 4.68. The van der Waals surface area contributed by atoms with Crippen LogP contribution < -0.4 is 10.5 Å². The van der Waals surface area contributed by atoms with Crippen LogP contribution in [0.2, 0.25) is 0 Å². The fraction of sp³-hybridized carbons (Fsp3) is 0.261. The van der Waals surface area contributed by atoms with E-state index in [0.29, 0.717) is 24.1 Å². The minimum atomic E-state index is -1.01. The Hall–Kier alpha value is -3.59. The van der Waals surface area contributed by atoms with Crippen molar-refractivity contribution in [1.82, 2.24) is 4.57 Å². The molecule has 1 aromatic heterocycles. The molecule has 1 heterocycles. The Balaban J connectivity index is 2.33. The number of benzene rings is 2. The van der Waals surface area contributed by atoms with Gasteiger partial charge >= 0.3 is 6.73 Å². The molecule has 1 amide bonds. The van der Waals surface area contributed by atoms with Crippen molar-refractivity contribution < 1.29 is 14.3 Å². The number of nitrogens with zero attached hydrogens (tertiary/aromatic N) is 2. The minimum Gasteiger partial charge on any atom is -0.425 e. The topological polar surface area (TPSA) is 78.7 Å². The summed E-state index contributed by atoms with van der Waals surface area (Å²) in [7, 11) is 0. The zero-order valence-electron chi connectivity index (χ0n) is 16.5. The fourth-order valence-electron chi connectivity index (χ4n) is 3.56. The molecule has 0 saturated carbocycles. The van der Waals surface area contributed by atoms with Crippen LogP contribution in [0.5, 0.6) is 5.75 Å². The van der Waals surface area contributed by atoms with E-state index in [4.69, 9.17) is 17.0 Å². The van der Waals surface area contributed by atoms with Gasteiger partial charge in [-0.1, -0.05) is 50.2 Å². The number of rotatable bonds is 8. The van der Waals surface area contributed by atoms with Crippen LogP contribution in [0.25, 0.3) is 15.7 Å². The van der Waals surface area contributed by atoms with Crippen LogP contribution in [-0.2, 0) is 17.8 Å². The maximum Gasteiger partial charge on any atom is 0.357 e. The Morgan fingerprint density at radius 2 is 1.86 bits per heavy atom. The van der Waals surface area contributed by atoms with Gasteiger partial charge in [-0.15, -0.1) is 0 Å². The minimum absolute atomic E-state index is 0.174. The molecule has 6 heteroatoms. The van der Waals surface area contributed by atoms with E-state index in [1.54, 1.807) is 6.07 Å². The van der Waals surface area contributed by atoms with Gasteiger partial charge in [-0.05, 0) is 30.0 Å². The van der Waals surface area contributed by atoms with Crippen molar-refractivity contribution in [1.29, 1.82) is 0 Å². The number of nitrogens with two attached hydrogens (primary N) is 1. The van der Waals surface area contributed by atoms with Crippen molar-refractivity contribution >= 4 is 22.6 Å². The number of fused-ring (bicyclic) bond motifs is 1. The molecule has 0 bridgehead atoms. The van der Waals surface area contributed by atoms with E-state index >= 15 is 0 Å². The first kappa shape index (κ1) is 20.2. The van der Waals surface area contributed by atoms with E-state index in [1.165, 1.54) is 0 Å². The van der Waals surface area contributed by atoms with E-state index in [9.17, 15) is 9.59 Å². The molecule has 148 valence electrons. The van der Waals surface area contributed by atoms with E-state index < -0.39 is 11.7 Å². The lowest BCUT2D eigenvalue weighted by atomic mass is 9.99. The number of carbonyl (C=O) groups excluding carboxylic acids is 2. The molecule has 0 atom stereocenters. The van der Waals surface area contributed by atoms with Gasteiger partial charge in [0.25, 0.3) is 11.7 Å². The Morgan fingerprint density at radius 3 is 2.48 bits per heavy atom. The van der Waals surface area contributed by atoms with Crippen LogP contribution in [0.3, 0.4) is 0 Å². The van der Waals surface area contributed by atoms with E-state index in [-0.39, 0.29) is 18.2 Å². The molecule has 0 fully saturated rings. The van der Waals surface area contributed by atoms with E-state index in [1.807, 2.05) is 47.0 Å². The van der Waals surface area contributed by atoms with Gasteiger partial charge in [0.2, 0.25) is 0 Å². The number of primary amides is 1. The third kappa shape index (κ3) is 4.14. The molecule has 0 spiro atoms. The van der Waals surface area contributed by atoms with Crippen molar-refractivity contribution in [2.45, 2.75) is 26.8 Å². The number of aromatic nitrogens is 1. The molecule has 0 aliphatic heterocycles. The first-order valence-corrected chi connectivity index (χ1v) is 9.42. The smallest absolute Gasteiger partial charge is 0.357 e. The van der Waals surface area contributed by atoms with Crippen molar-refractivity contribution in [2.24, 2.45) is 11.7 Å². The third-order valence-corrected chi connectivity index (χ3v) is 4.68. The second-order valence-electron chi connectivity index (χ2n) is 7.27. The summed E-state index contributed by atoms with van der Waals surface area (Å²) < 4.78 is 7.64. The van der Waals surface area contributed by atoms with Gasteiger partial charge < -0.3 is 15.0 Å². The molecular formula is C23H23N3O3. The highest BCUT2D eigenvalue weighted by molar-refractivity contribution is 6.45. The summed E-state index contributed by atoms with van der Waals surface area (Å²) in [6.07, 6.45) is 0.595. The van der Waals surface area contributed by atoms with Gasteiger partial charge in [0.1, 0.15) is 5.75 Å². The molecule has 0 aliphatic rings. The second kappa shape index (κ2) is 8.61. The summed E-state index contributed by atoms with van der Waals surface area (Å²) in [5.74, 6) is -1.09. The molecule has 0 unspecified atom stereocenters. The highest BCUT2D eigenvalue weighted by Gasteiger charge is 2.28. The second-order valence-corrected chi connectivity index (χ2v) is 7.27. The van der Waals surface area contributed by atoms with Gasteiger partial charge in [-0.25, -0.2) is 6.57 Å². The Labute approximate surface area is 169 Å². The molecule has 29 heavy (non-hydrogen) atoms. The molecule has 2 aromatic carbocycles. The summed E-state index contributed by atoms with van der Waals surface area (Å²) in [5.41, 5.74) is 8.25.